The van der Waals surface area contributed by atoms with Gasteiger partial charge >= 0.3 is 0 Å². The highest BCUT2D eigenvalue weighted by Gasteiger charge is 2.26. The Hall–Kier alpha value is -3.62. The molecule has 1 aromatic heterocycles. The molecule has 35 heavy (non-hydrogen) atoms. The second-order valence-corrected chi connectivity index (χ2v) is 10.4. The summed E-state index contributed by atoms with van der Waals surface area (Å²) >= 11 is 0. The van der Waals surface area contributed by atoms with Crippen LogP contribution in [0.5, 0.6) is 11.5 Å². The van der Waals surface area contributed by atoms with Gasteiger partial charge in [-0.1, -0.05) is 23.8 Å². The highest BCUT2D eigenvalue weighted by atomic mass is 32.2. The predicted octanol–water partition coefficient (Wildman–Crippen LogP) is 4.55. The summed E-state index contributed by atoms with van der Waals surface area (Å²) in [4.78, 5) is 16.0. The lowest BCUT2D eigenvalue weighted by atomic mass is 10.1. The molecule has 4 rings (SSSR count). The van der Waals surface area contributed by atoms with E-state index >= 15 is 0 Å². The van der Waals surface area contributed by atoms with Crippen LogP contribution in [-0.4, -0.2) is 31.9 Å². The van der Waals surface area contributed by atoms with E-state index in [4.69, 9.17) is 9.47 Å². The van der Waals surface area contributed by atoms with E-state index in [1.165, 1.54) is 23.5 Å². The van der Waals surface area contributed by atoms with Crippen molar-refractivity contribution in [3.8, 4) is 11.5 Å². The summed E-state index contributed by atoms with van der Waals surface area (Å²) in [5.41, 5.74) is 3.61. The molecule has 0 aliphatic carbocycles. The number of fused-ring (bicyclic) bond motifs is 1. The Balaban J connectivity index is 1.77. The fourth-order valence-corrected chi connectivity index (χ4v) is 5.50. The number of hydrogen-bond acceptors (Lipinski definition) is 5. The van der Waals surface area contributed by atoms with Crippen LogP contribution in [0.15, 0.2) is 76.4 Å². The second-order valence-electron chi connectivity index (χ2n) is 8.47. The maximum absolute atomic E-state index is 13.7. The van der Waals surface area contributed by atoms with Gasteiger partial charge in [-0.05, 0) is 78.9 Å². The molecule has 0 amide bonds. The number of H-pyrrole nitrogens is 1. The topological polar surface area (TPSA) is 88.7 Å². The zero-order valence-corrected chi connectivity index (χ0v) is 21.0. The average Bonchev–Trinajstić information content (AvgIpc) is 2.85. The van der Waals surface area contributed by atoms with Crippen LogP contribution in [0.4, 0.5) is 0 Å². The minimum absolute atomic E-state index is 0.0847. The third kappa shape index (κ3) is 5.23. The molecule has 0 fully saturated rings. The molecule has 0 aliphatic rings. The highest BCUT2D eigenvalue weighted by molar-refractivity contribution is 7.89. The van der Waals surface area contributed by atoms with Gasteiger partial charge in [0.2, 0.25) is 10.0 Å². The van der Waals surface area contributed by atoms with Crippen molar-refractivity contribution in [1.29, 1.82) is 0 Å². The molecular weight excluding hydrogens is 464 g/mol. The summed E-state index contributed by atoms with van der Waals surface area (Å²) < 4.78 is 39.1. The van der Waals surface area contributed by atoms with Crippen molar-refractivity contribution >= 4 is 20.9 Å². The highest BCUT2D eigenvalue weighted by Crippen LogP contribution is 2.25. The van der Waals surface area contributed by atoms with E-state index in [0.29, 0.717) is 17.1 Å². The minimum Gasteiger partial charge on any atom is -0.497 e. The van der Waals surface area contributed by atoms with Crippen molar-refractivity contribution in [2.45, 2.75) is 31.8 Å². The number of ether oxygens (including phenoxy) is 2. The molecule has 1 N–H and O–H groups in total. The van der Waals surface area contributed by atoms with Gasteiger partial charge < -0.3 is 14.5 Å². The van der Waals surface area contributed by atoms with Crippen LogP contribution in [-0.2, 0) is 23.1 Å². The van der Waals surface area contributed by atoms with Gasteiger partial charge in [-0.15, -0.1) is 0 Å². The Morgan fingerprint density at radius 2 is 1.43 bits per heavy atom. The number of rotatable bonds is 8. The van der Waals surface area contributed by atoms with Crippen LogP contribution in [0.2, 0.25) is 0 Å². The Morgan fingerprint density at radius 3 is 2.03 bits per heavy atom. The number of benzene rings is 3. The Kier molecular flexibility index (Phi) is 6.95. The van der Waals surface area contributed by atoms with E-state index in [1.54, 1.807) is 37.4 Å². The average molecular weight is 493 g/mol. The van der Waals surface area contributed by atoms with E-state index in [9.17, 15) is 13.2 Å². The molecule has 1 heterocycles. The first-order valence-corrected chi connectivity index (χ1v) is 12.6. The third-order valence-corrected chi connectivity index (χ3v) is 7.74. The van der Waals surface area contributed by atoms with Gasteiger partial charge in [-0.3, -0.25) is 4.79 Å². The molecule has 0 spiro atoms. The summed E-state index contributed by atoms with van der Waals surface area (Å²) in [7, 11) is -0.834. The van der Waals surface area contributed by atoms with Crippen molar-refractivity contribution in [2.24, 2.45) is 0 Å². The fourth-order valence-electron chi connectivity index (χ4n) is 4.10. The number of sulfonamides is 1. The summed E-state index contributed by atoms with van der Waals surface area (Å²) in [6, 6.07) is 19.2. The van der Waals surface area contributed by atoms with Crippen LogP contribution in [0.25, 0.3) is 10.9 Å². The lowest BCUT2D eigenvalue weighted by Gasteiger charge is -2.23. The lowest BCUT2D eigenvalue weighted by Crippen LogP contribution is -2.32. The molecule has 4 aromatic rings. The van der Waals surface area contributed by atoms with E-state index in [1.807, 2.05) is 38.1 Å². The van der Waals surface area contributed by atoms with E-state index in [-0.39, 0.29) is 23.5 Å². The molecule has 0 atom stereocenters. The molecule has 0 saturated heterocycles. The number of pyridine rings is 1. The molecule has 8 heteroatoms. The van der Waals surface area contributed by atoms with Crippen molar-refractivity contribution < 1.29 is 17.9 Å². The van der Waals surface area contributed by atoms with Crippen molar-refractivity contribution in [3.63, 3.8) is 0 Å². The van der Waals surface area contributed by atoms with Gasteiger partial charge in [-0.2, -0.15) is 4.31 Å². The second kappa shape index (κ2) is 9.93. The first-order chi connectivity index (χ1) is 16.7. The molecule has 0 radical (unpaired) electrons. The van der Waals surface area contributed by atoms with E-state index in [2.05, 4.69) is 4.98 Å². The predicted molar refractivity (Wildman–Crippen MR) is 136 cm³/mol. The standard InChI is InChI=1S/C27H28N2O5S/c1-18-13-19(2)26-21(14-18)15-22(27(30)28-26)17-29(16-20-5-7-23(33-3)8-6-20)35(31,32)25-11-9-24(34-4)10-12-25/h5-15H,16-17H2,1-4H3,(H,28,30). The summed E-state index contributed by atoms with van der Waals surface area (Å²) in [6.07, 6.45) is 0. The number of hydrogen-bond donors (Lipinski definition) is 1. The summed E-state index contributed by atoms with van der Waals surface area (Å²) in [5, 5.41) is 0.864. The van der Waals surface area contributed by atoms with E-state index in [0.717, 1.165) is 27.6 Å². The number of aromatic nitrogens is 1. The quantitative estimate of drug-likeness (QED) is 0.390. The van der Waals surface area contributed by atoms with Crippen molar-refractivity contribution in [1.82, 2.24) is 9.29 Å². The SMILES string of the molecule is COc1ccc(CN(Cc2cc3cc(C)cc(C)c3[nH]c2=O)S(=O)(=O)c2ccc(OC)cc2)cc1. The molecular formula is C27H28N2O5S. The number of nitrogens with one attached hydrogen (secondary N) is 1. The maximum Gasteiger partial charge on any atom is 0.252 e. The van der Waals surface area contributed by atoms with Gasteiger partial charge in [-0.25, -0.2) is 8.42 Å². The number of nitrogens with zero attached hydrogens (tertiary/aromatic N) is 1. The number of aryl methyl sites for hydroxylation is 2. The lowest BCUT2D eigenvalue weighted by molar-refractivity contribution is 0.397. The number of aromatic amines is 1. The fraction of sp³-hybridized carbons (Fsp3) is 0.222. The molecule has 0 saturated carbocycles. The first kappa shape index (κ1) is 24.5. The van der Waals surface area contributed by atoms with Crippen LogP contribution >= 0.6 is 0 Å². The largest absolute Gasteiger partial charge is 0.497 e. The molecule has 3 aromatic carbocycles. The van der Waals surface area contributed by atoms with Gasteiger partial charge in [0, 0.05) is 18.7 Å². The molecule has 182 valence electrons. The van der Waals surface area contributed by atoms with Crippen molar-refractivity contribution in [2.75, 3.05) is 14.2 Å². The van der Waals surface area contributed by atoms with Gasteiger partial charge in [0.1, 0.15) is 11.5 Å². The molecule has 0 aliphatic heterocycles. The van der Waals surface area contributed by atoms with Gasteiger partial charge in [0.15, 0.2) is 0 Å². The van der Waals surface area contributed by atoms with Crippen LogP contribution in [0, 0.1) is 13.8 Å². The zero-order valence-electron chi connectivity index (χ0n) is 20.2. The Labute approximate surface area is 205 Å². The van der Waals surface area contributed by atoms with E-state index < -0.39 is 10.0 Å². The summed E-state index contributed by atoms with van der Waals surface area (Å²) in [6.45, 7) is 3.93. The van der Waals surface area contributed by atoms with Gasteiger partial charge in [0.25, 0.3) is 5.56 Å². The van der Waals surface area contributed by atoms with Crippen LogP contribution in [0.1, 0.15) is 22.3 Å². The first-order valence-electron chi connectivity index (χ1n) is 11.1. The normalized spacial score (nSPS) is 11.7. The summed E-state index contributed by atoms with van der Waals surface area (Å²) in [5.74, 6) is 1.23. The minimum atomic E-state index is -3.93. The van der Waals surface area contributed by atoms with Gasteiger partial charge in [0.05, 0.1) is 24.6 Å². The molecule has 0 unspecified atom stereocenters. The third-order valence-electron chi connectivity index (χ3n) is 5.93. The monoisotopic (exact) mass is 492 g/mol. The Morgan fingerprint density at radius 1 is 0.829 bits per heavy atom. The maximum atomic E-state index is 13.7. The Bertz CT molecular complexity index is 1510. The van der Waals surface area contributed by atoms with Crippen molar-refractivity contribution in [3.05, 3.63) is 99.3 Å². The molecule has 0 bridgehead atoms. The molecule has 7 nitrogen and oxygen atoms in total. The van der Waals surface area contributed by atoms with Crippen LogP contribution in [0.3, 0.4) is 0 Å². The zero-order chi connectivity index (χ0) is 25.2. The number of methoxy groups -OCH3 is 2. The van der Waals surface area contributed by atoms with Crippen LogP contribution < -0.4 is 15.0 Å². The smallest absolute Gasteiger partial charge is 0.252 e.